The van der Waals surface area contributed by atoms with E-state index in [-0.39, 0.29) is 11.4 Å². The predicted molar refractivity (Wildman–Crippen MR) is 41.3 cm³/mol. The molecule has 0 spiro atoms. The Morgan fingerprint density at radius 2 is 2.27 bits per heavy atom. The summed E-state index contributed by atoms with van der Waals surface area (Å²) in [6, 6.07) is 0. The lowest BCUT2D eigenvalue weighted by molar-refractivity contribution is 0.301. The Kier molecular flexibility index (Phi) is 1.85. The third-order valence-electron chi connectivity index (χ3n) is 1.97. The van der Waals surface area contributed by atoms with Crippen LogP contribution in [0.25, 0.3) is 0 Å². The zero-order valence-corrected chi connectivity index (χ0v) is 7.07. The molecule has 0 aliphatic carbocycles. The van der Waals surface area contributed by atoms with Crippen LogP contribution in [0.2, 0.25) is 0 Å². The van der Waals surface area contributed by atoms with E-state index in [1.807, 2.05) is 13.8 Å². The molecule has 1 aromatic rings. The highest BCUT2D eigenvalue weighted by Crippen LogP contribution is 2.18. The number of aromatic hydroxyl groups is 1. The fourth-order valence-corrected chi connectivity index (χ4v) is 0.713. The van der Waals surface area contributed by atoms with Crippen LogP contribution in [-0.2, 0) is 5.54 Å². The van der Waals surface area contributed by atoms with Gasteiger partial charge < -0.3 is 5.11 Å². The fourth-order valence-electron chi connectivity index (χ4n) is 0.713. The van der Waals surface area contributed by atoms with E-state index in [4.69, 9.17) is 5.11 Å². The van der Waals surface area contributed by atoms with Gasteiger partial charge in [-0.2, -0.15) is 0 Å². The monoisotopic (exact) mass is 155 g/mol. The molecule has 11 heavy (non-hydrogen) atoms. The van der Waals surface area contributed by atoms with Crippen LogP contribution in [0, 0.1) is 0 Å². The second-order valence-corrected chi connectivity index (χ2v) is 3.19. The molecule has 0 aromatic carbocycles. The average molecular weight is 155 g/mol. The van der Waals surface area contributed by atoms with Crippen LogP contribution >= 0.6 is 0 Å². The molecule has 0 saturated carbocycles. The molecular weight excluding hydrogens is 142 g/mol. The summed E-state index contributed by atoms with van der Waals surface area (Å²) < 4.78 is 1.67. The molecule has 1 heterocycles. The van der Waals surface area contributed by atoms with Gasteiger partial charge in [-0.3, -0.25) is 0 Å². The van der Waals surface area contributed by atoms with Gasteiger partial charge in [0.1, 0.15) is 0 Å². The highest BCUT2D eigenvalue weighted by molar-refractivity contribution is 4.98. The van der Waals surface area contributed by atoms with Crippen LogP contribution in [-0.4, -0.2) is 20.1 Å². The van der Waals surface area contributed by atoms with Crippen LogP contribution in [0.4, 0.5) is 0 Å². The molecule has 0 bridgehead atoms. The Labute approximate surface area is 65.8 Å². The van der Waals surface area contributed by atoms with E-state index in [0.29, 0.717) is 0 Å². The summed E-state index contributed by atoms with van der Waals surface area (Å²) in [6.07, 6.45) is 2.49. The van der Waals surface area contributed by atoms with Crippen LogP contribution in [0.5, 0.6) is 5.88 Å². The maximum atomic E-state index is 8.92. The summed E-state index contributed by atoms with van der Waals surface area (Å²) in [4.78, 5) is 0. The topological polar surface area (TPSA) is 50.9 Å². The minimum absolute atomic E-state index is 0.0217. The van der Waals surface area contributed by atoms with Gasteiger partial charge in [-0.15, -0.1) is 0 Å². The number of hydrogen-bond donors (Lipinski definition) is 1. The standard InChI is InChI=1S/C7H13N3O/c1-4-7(2,3)10-5-6(11)8-9-10/h5,11H,4H2,1-3H3. The summed E-state index contributed by atoms with van der Waals surface area (Å²) in [5.41, 5.74) is -0.0615. The van der Waals surface area contributed by atoms with Crippen LogP contribution in [0.3, 0.4) is 0 Å². The smallest absolute Gasteiger partial charge is 0.251 e. The molecule has 4 heteroatoms. The van der Waals surface area contributed by atoms with Crippen LogP contribution < -0.4 is 0 Å². The van der Waals surface area contributed by atoms with Crippen LogP contribution in [0.1, 0.15) is 27.2 Å². The van der Waals surface area contributed by atoms with Gasteiger partial charge in [0.25, 0.3) is 5.88 Å². The molecule has 0 atom stereocenters. The summed E-state index contributed by atoms with van der Waals surface area (Å²) in [5.74, 6) is -0.0217. The van der Waals surface area contributed by atoms with Crippen LogP contribution in [0.15, 0.2) is 6.20 Å². The first-order valence-electron chi connectivity index (χ1n) is 3.68. The number of rotatable bonds is 2. The largest absolute Gasteiger partial charge is 0.491 e. The van der Waals surface area contributed by atoms with E-state index in [0.717, 1.165) is 6.42 Å². The SMILES string of the molecule is CCC(C)(C)n1cc(O)nn1. The molecule has 1 N–H and O–H groups in total. The second-order valence-electron chi connectivity index (χ2n) is 3.19. The van der Waals surface area contributed by atoms with Crippen molar-refractivity contribution in [1.82, 2.24) is 15.0 Å². The Hall–Kier alpha value is -1.06. The maximum Gasteiger partial charge on any atom is 0.251 e. The number of aromatic nitrogens is 3. The Morgan fingerprint density at radius 1 is 1.64 bits per heavy atom. The first kappa shape index (κ1) is 8.04. The molecule has 1 rings (SSSR count). The Morgan fingerprint density at radius 3 is 2.64 bits per heavy atom. The summed E-state index contributed by atoms with van der Waals surface area (Å²) >= 11 is 0. The maximum absolute atomic E-state index is 8.92. The van der Waals surface area contributed by atoms with Gasteiger partial charge in [-0.1, -0.05) is 17.2 Å². The number of nitrogens with zero attached hydrogens (tertiary/aromatic N) is 3. The molecular formula is C7H13N3O. The predicted octanol–water partition coefficient (Wildman–Crippen LogP) is 1.13. The zero-order chi connectivity index (χ0) is 8.48. The highest BCUT2D eigenvalue weighted by Gasteiger charge is 2.18. The minimum Gasteiger partial charge on any atom is -0.491 e. The molecule has 0 unspecified atom stereocenters. The van der Waals surface area contributed by atoms with E-state index in [2.05, 4.69) is 17.2 Å². The zero-order valence-electron chi connectivity index (χ0n) is 7.07. The Balaban J connectivity index is 2.92. The van der Waals surface area contributed by atoms with Crippen molar-refractivity contribution in [3.05, 3.63) is 6.20 Å². The van der Waals surface area contributed by atoms with E-state index in [1.54, 1.807) is 4.68 Å². The van der Waals surface area contributed by atoms with Gasteiger partial charge in [-0.05, 0) is 20.3 Å². The van der Waals surface area contributed by atoms with Crippen molar-refractivity contribution < 1.29 is 5.11 Å². The molecule has 0 aliphatic heterocycles. The first-order valence-corrected chi connectivity index (χ1v) is 3.68. The molecule has 0 amide bonds. The van der Waals surface area contributed by atoms with Crippen molar-refractivity contribution in [2.75, 3.05) is 0 Å². The van der Waals surface area contributed by atoms with Gasteiger partial charge in [0.05, 0.1) is 11.7 Å². The summed E-state index contributed by atoms with van der Waals surface area (Å²) in [6.45, 7) is 6.15. The van der Waals surface area contributed by atoms with E-state index in [9.17, 15) is 0 Å². The van der Waals surface area contributed by atoms with Gasteiger partial charge >= 0.3 is 0 Å². The molecule has 0 fully saturated rings. The van der Waals surface area contributed by atoms with E-state index < -0.39 is 0 Å². The van der Waals surface area contributed by atoms with Crippen molar-refractivity contribution in [3.8, 4) is 5.88 Å². The van der Waals surface area contributed by atoms with E-state index >= 15 is 0 Å². The van der Waals surface area contributed by atoms with E-state index in [1.165, 1.54) is 6.20 Å². The first-order chi connectivity index (χ1) is 5.06. The quantitative estimate of drug-likeness (QED) is 0.696. The highest BCUT2D eigenvalue weighted by atomic mass is 16.3. The number of hydrogen-bond acceptors (Lipinski definition) is 3. The third kappa shape index (κ3) is 1.50. The van der Waals surface area contributed by atoms with Crippen molar-refractivity contribution >= 4 is 0 Å². The average Bonchev–Trinajstić information content (AvgIpc) is 2.36. The van der Waals surface area contributed by atoms with Crippen molar-refractivity contribution in [2.24, 2.45) is 0 Å². The summed E-state index contributed by atoms with van der Waals surface area (Å²) in [7, 11) is 0. The molecule has 0 aliphatic rings. The lowest BCUT2D eigenvalue weighted by Crippen LogP contribution is -2.25. The molecule has 0 radical (unpaired) electrons. The summed E-state index contributed by atoms with van der Waals surface area (Å²) in [5, 5.41) is 16.2. The second kappa shape index (κ2) is 2.53. The Bertz CT molecular complexity index is 242. The minimum atomic E-state index is -0.0615. The van der Waals surface area contributed by atoms with Crippen molar-refractivity contribution in [2.45, 2.75) is 32.7 Å². The van der Waals surface area contributed by atoms with Gasteiger partial charge in [0.2, 0.25) is 0 Å². The molecule has 62 valence electrons. The van der Waals surface area contributed by atoms with Gasteiger partial charge in [0, 0.05) is 0 Å². The van der Waals surface area contributed by atoms with Crippen molar-refractivity contribution in [1.29, 1.82) is 0 Å². The molecule has 0 saturated heterocycles. The molecule has 4 nitrogen and oxygen atoms in total. The molecule has 1 aromatic heterocycles. The van der Waals surface area contributed by atoms with Gasteiger partial charge in [-0.25, -0.2) is 4.68 Å². The lowest BCUT2D eigenvalue weighted by Gasteiger charge is -2.21. The lowest BCUT2D eigenvalue weighted by atomic mass is 10.0. The van der Waals surface area contributed by atoms with Crippen molar-refractivity contribution in [3.63, 3.8) is 0 Å². The fraction of sp³-hybridized carbons (Fsp3) is 0.714. The third-order valence-corrected chi connectivity index (χ3v) is 1.97. The van der Waals surface area contributed by atoms with Gasteiger partial charge in [0.15, 0.2) is 0 Å². The normalized spacial score (nSPS) is 11.9.